The van der Waals surface area contributed by atoms with E-state index in [9.17, 15) is 8.78 Å². The van der Waals surface area contributed by atoms with Crippen molar-refractivity contribution in [3.05, 3.63) is 23.8 Å². The van der Waals surface area contributed by atoms with Crippen LogP contribution in [0.1, 0.15) is 38.5 Å². The Morgan fingerprint density at radius 3 is 2.70 bits per heavy atom. The van der Waals surface area contributed by atoms with Gasteiger partial charge in [-0.15, -0.1) is 0 Å². The van der Waals surface area contributed by atoms with Gasteiger partial charge in [-0.05, 0) is 12.8 Å². The number of benzene rings is 1. The lowest BCUT2D eigenvalue weighted by atomic mass is 9.90. The molecule has 1 aliphatic carbocycles. The van der Waals surface area contributed by atoms with Gasteiger partial charge in [-0.2, -0.15) is 0 Å². The maximum absolute atomic E-state index is 13.8. The van der Waals surface area contributed by atoms with E-state index in [-0.39, 0.29) is 23.1 Å². The van der Waals surface area contributed by atoms with E-state index < -0.39 is 11.6 Å². The minimum atomic E-state index is -0.649. The van der Waals surface area contributed by atoms with E-state index in [4.69, 9.17) is 15.2 Å². The van der Waals surface area contributed by atoms with Gasteiger partial charge in [-0.25, -0.2) is 8.78 Å². The third kappa shape index (κ3) is 2.59. The molecular formula is C15H19F2NO2. The van der Waals surface area contributed by atoms with E-state index >= 15 is 0 Å². The Hall–Kier alpha value is -1.36. The van der Waals surface area contributed by atoms with Crippen molar-refractivity contribution in [2.24, 2.45) is 0 Å². The fourth-order valence-electron chi connectivity index (χ4n) is 3.27. The molecule has 3 nitrogen and oxygen atoms in total. The molecule has 1 aromatic rings. The van der Waals surface area contributed by atoms with Crippen molar-refractivity contribution in [1.82, 2.24) is 0 Å². The average Bonchev–Trinajstić information content (AvgIpc) is 2.84. The molecule has 0 aromatic heterocycles. The van der Waals surface area contributed by atoms with Gasteiger partial charge in [0.2, 0.25) is 0 Å². The first-order valence-electron chi connectivity index (χ1n) is 7.13. The van der Waals surface area contributed by atoms with E-state index in [2.05, 4.69) is 0 Å². The second-order valence-electron chi connectivity index (χ2n) is 5.78. The summed E-state index contributed by atoms with van der Waals surface area (Å²) in [5, 5.41) is 0. The summed E-state index contributed by atoms with van der Waals surface area (Å²) in [6.45, 7) is 0.615. The van der Waals surface area contributed by atoms with Crippen LogP contribution in [0, 0.1) is 11.6 Å². The first-order chi connectivity index (χ1) is 9.58. The van der Waals surface area contributed by atoms with Crippen LogP contribution in [0.2, 0.25) is 0 Å². The van der Waals surface area contributed by atoms with Gasteiger partial charge in [-0.1, -0.05) is 12.8 Å². The van der Waals surface area contributed by atoms with Crippen LogP contribution in [0.3, 0.4) is 0 Å². The Morgan fingerprint density at radius 1 is 1.20 bits per heavy atom. The first kappa shape index (κ1) is 13.6. The molecular weight excluding hydrogens is 264 g/mol. The van der Waals surface area contributed by atoms with Crippen LogP contribution in [0.5, 0.6) is 5.75 Å². The zero-order chi connectivity index (χ0) is 14.2. The molecule has 3 rings (SSSR count). The molecule has 2 fully saturated rings. The molecule has 1 saturated carbocycles. The molecule has 1 spiro atoms. The topological polar surface area (TPSA) is 44.5 Å². The summed E-state index contributed by atoms with van der Waals surface area (Å²) in [5.41, 5.74) is 5.02. The van der Waals surface area contributed by atoms with Crippen molar-refractivity contribution < 1.29 is 18.3 Å². The third-order valence-corrected chi connectivity index (χ3v) is 4.31. The van der Waals surface area contributed by atoms with E-state index in [1.54, 1.807) is 0 Å². The largest absolute Gasteiger partial charge is 0.487 e. The molecule has 0 radical (unpaired) electrons. The number of hydrogen-bond donors (Lipinski definition) is 1. The number of nitrogen functional groups attached to an aromatic ring is 1. The highest BCUT2D eigenvalue weighted by atomic mass is 19.1. The SMILES string of the molecule is Nc1cc(F)c(OC2CCOC3(CCCC3)C2)cc1F. The molecule has 2 N–H and O–H groups in total. The normalized spacial score (nSPS) is 25.0. The van der Waals surface area contributed by atoms with Gasteiger partial charge in [0.05, 0.1) is 17.9 Å². The number of ether oxygens (including phenoxy) is 2. The number of rotatable bonds is 2. The summed E-state index contributed by atoms with van der Waals surface area (Å²) >= 11 is 0. The Morgan fingerprint density at radius 2 is 1.95 bits per heavy atom. The lowest BCUT2D eigenvalue weighted by Crippen LogP contribution is -2.41. The summed E-state index contributed by atoms with van der Waals surface area (Å²) in [6.07, 6.45) is 5.72. The first-order valence-corrected chi connectivity index (χ1v) is 7.13. The van der Waals surface area contributed by atoms with Crippen molar-refractivity contribution in [3.63, 3.8) is 0 Å². The fourth-order valence-corrected chi connectivity index (χ4v) is 3.27. The highest BCUT2D eigenvalue weighted by molar-refractivity contribution is 5.44. The maximum atomic E-state index is 13.8. The molecule has 1 aliphatic heterocycles. The molecule has 1 unspecified atom stereocenters. The summed E-state index contributed by atoms with van der Waals surface area (Å²) in [7, 11) is 0. The van der Waals surface area contributed by atoms with Gasteiger partial charge >= 0.3 is 0 Å². The number of hydrogen-bond acceptors (Lipinski definition) is 3. The van der Waals surface area contributed by atoms with Gasteiger partial charge in [-0.3, -0.25) is 0 Å². The smallest absolute Gasteiger partial charge is 0.167 e. The predicted molar refractivity (Wildman–Crippen MR) is 71.6 cm³/mol. The second kappa shape index (κ2) is 5.20. The zero-order valence-electron chi connectivity index (χ0n) is 11.3. The molecule has 1 heterocycles. The van der Waals surface area contributed by atoms with Crippen LogP contribution >= 0.6 is 0 Å². The third-order valence-electron chi connectivity index (χ3n) is 4.31. The lowest BCUT2D eigenvalue weighted by Gasteiger charge is -2.38. The highest BCUT2D eigenvalue weighted by Gasteiger charge is 2.40. The standard InChI is InChI=1S/C15H19F2NO2/c16-11-8-14(12(17)7-13(11)18)20-10-3-6-19-15(9-10)4-1-2-5-15/h7-8,10H,1-6,9,18H2. The quantitative estimate of drug-likeness (QED) is 0.846. The van der Waals surface area contributed by atoms with Crippen LogP contribution in [0.25, 0.3) is 0 Å². The van der Waals surface area contributed by atoms with E-state index in [1.165, 1.54) is 0 Å². The van der Waals surface area contributed by atoms with Crippen molar-refractivity contribution in [2.75, 3.05) is 12.3 Å². The van der Waals surface area contributed by atoms with Crippen LogP contribution in [0.15, 0.2) is 12.1 Å². The summed E-state index contributed by atoms with van der Waals surface area (Å²) in [4.78, 5) is 0. The van der Waals surface area contributed by atoms with Gasteiger partial charge in [0.15, 0.2) is 11.6 Å². The Labute approximate surface area is 117 Å². The number of nitrogens with two attached hydrogens (primary N) is 1. The van der Waals surface area contributed by atoms with Crippen LogP contribution in [-0.2, 0) is 4.74 Å². The van der Waals surface area contributed by atoms with Gasteiger partial charge in [0.1, 0.15) is 11.9 Å². The van der Waals surface area contributed by atoms with Gasteiger partial charge in [0.25, 0.3) is 0 Å². The second-order valence-corrected chi connectivity index (χ2v) is 5.78. The van der Waals surface area contributed by atoms with Crippen LogP contribution < -0.4 is 10.5 Å². The zero-order valence-corrected chi connectivity index (χ0v) is 11.3. The monoisotopic (exact) mass is 283 g/mol. The van der Waals surface area contributed by atoms with Gasteiger partial charge < -0.3 is 15.2 Å². The summed E-state index contributed by atoms with van der Waals surface area (Å²) < 4.78 is 38.7. The molecule has 2 aliphatic rings. The molecule has 1 aromatic carbocycles. The van der Waals surface area contributed by atoms with Crippen molar-refractivity contribution in [2.45, 2.75) is 50.2 Å². The minimum Gasteiger partial charge on any atom is -0.487 e. The van der Waals surface area contributed by atoms with Crippen LogP contribution in [-0.4, -0.2) is 18.3 Å². The minimum absolute atomic E-state index is 0.0586. The van der Waals surface area contributed by atoms with E-state index in [1.807, 2.05) is 0 Å². The molecule has 1 atom stereocenters. The molecule has 1 saturated heterocycles. The maximum Gasteiger partial charge on any atom is 0.167 e. The lowest BCUT2D eigenvalue weighted by molar-refractivity contribution is -0.108. The van der Waals surface area contributed by atoms with Gasteiger partial charge in [0, 0.05) is 25.0 Å². The summed E-state index contributed by atoms with van der Waals surface area (Å²) in [5.74, 6) is -1.32. The molecule has 0 bridgehead atoms. The Bertz CT molecular complexity index is 501. The van der Waals surface area contributed by atoms with Crippen molar-refractivity contribution >= 4 is 5.69 Å². The highest BCUT2D eigenvalue weighted by Crippen LogP contribution is 2.41. The fraction of sp³-hybridized carbons (Fsp3) is 0.600. The Kier molecular flexibility index (Phi) is 3.54. The molecule has 110 valence electrons. The summed E-state index contributed by atoms with van der Waals surface area (Å²) in [6, 6.07) is 2.00. The number of halogens is 2. The molecule has 20 heavy (non-hydrogen) atoms. The molecule has 5 heteroatoms. The molecule has 0 amide bonds. The number of anilines is 1. The Balaban J connectivity index is 1.73. The van der Waals surface area contributed by atoms with Crippen molar-refractivity contribution in [3.8, 4) is 5.75 Å². The van der Waals surface area contributed by atoms with Crippen LogP contribution in [0.4, 0.5) is 14.5 Å². The van der Waals surface area contributed by atoms with Crippen molar-refractivity contribution in [1.29, 1.82) is 0 Å². The average molecular weight is 283 g/mol. The predicted octanol–water partition coefficient (Wildman–Crippen LogP) is 3.42. The van der Waals surface area contributed by atoms with E-state index in [0.29, 0.717) is 13.0 Å². The van der Waals surface area contributed by atoms with E-state index in [0.717, 1.165) is 44.2 Å².